The van der Waals surface area contributed by atoms with Crippen molar-refractivity contribution in [1.29, 1.82) is 0 Å². The zero-order chi connectivity index (χ0) is 29.3. The summed E-state index contributed by atoms with van der Waals surface area (Å²) >= 11 is 0. The molecule has 14 heteroatoms. The third kappa shape index (κ3) is 6.74. The van der Waals surface area contributed by atoms with Gasteiger partial charge < -0.3 is 4.74 Å². The molecule has 0 aliphatic carbocycles. The number of rotatable bonds is 8. The van der Waals surface area contributed by atoms with Gasteiger partial charge in [0.1, 0.15) is 51.8 Å². The van der Waals surface area contributed by atoms with Gasteiger partial charge in [0.15, 0.2) is 0 Å². The first kappa shape index (κ1) is 29.6. The van der Waals surface area contributed by atoms with Crippen LogP contribution < -0.4 is 4.74 Å². The Kier molecular flexibility index (Phi) is 8.39. The third-order valence-electron chi connectivity index (χ3n) is 5.04. The molecule has 0 atom stereocenters. The van der Waals surface area contributed by atoms with Gasteiger partial charge in [0.2, 0.25) is 0 Å². The molecule has 0 bridgehead atoms. The molecule has 208 valence electrons. The van der Waals surface area contributed by atoms with Crippen LogP contribution >= 0.6 is 0 Å². The van der Waals surface area contributed by atoms with Crippen LogP contribution in [0.2, 0.25) is 0 Å². The van der Waals surface area contributed by atoms with Crippen LogP contribution in [0.5, 0.6) is 5.75 Å². The van der Waals surface area contributed by atoms with E-state index in [-0.39, 0.29) is 36.2 Å². The van der Waals surface area contributed by atoms with Crippen LogP contribution in [-0.4, -0.2) is 12.3 Å². The molecular weight excluding hydrogens is 557 g/mol. The molecule has 0 N–H and O–H groups in total. The average molecular weight is 570 g/mol. The first-order valence-corrected chi connectivity index (χ1v) is 10.5. The van der Waals surface area contributed by atoms with Crippen molar-refractivity contribution >= 4 is 5.97 Å². The van der Waals surface area contributed by atoms with Gasteiger partial charge in [-0.1, -0.05) is 6.08 Å². The van der Waals surface area contributed by atoms with Gasteiger partial charge in [-0.15, -0.1) is 19.8 Å². The van der Waals surface area contributed by atoms with Crippen molar-refractivity contribution < 1.29 is 62.6 Å². The maximum absolute atomic E-state index is 14.6. The molecule has 3 aromatic carbocycles. The lowest BCUT2D eigenvalue weighted by molar-refractivity contribution is -0.432. The Balaban J connectivity index is 1.93. The van der Waals surface area contributed by atoms with Gasteiger partial charge in [-0.25, -0.2) is 35.9 Å². The Labute approximate surface area is 212 Å². The second kappa shape index (κ2) is 11.0. The monoisotopic (exact) mass is 570 g/mol. The highest BCUT2D eigenvalue weighted by atomic mass is 19.4. The Morgan fingerprint density at radius 1 is 0.769 bits per heavy atom. The van der Waals surface area contributed by atoms with Crippen molar-refractivity contribution in [3.05, 3.63) is 101 Å². The Morgan fingerprint density at radius 2 is 1.28 bits per heavy atom. The van der Waals surface area contributed by atoms with Crippen molar-refractivity contribution in [1.82, 2.24) is 0 Å². The number of halogens is 11. The number of carbonyl (C=O) groups excluding carboxylic acids is 1. The van der Waals surface area contributed by atoms with E-state index in [0.29, 0.717) is 6.42 Å². The van der Waals surface area contributed by atoms with E-state index in [2.05, 4.69) is 16.1 Å². The first-order chi connectivity index (χ1) is 18.0. The van der Waals surface area contributed by atoms with Crippen LogP contribution in [0.1, 0.15) is 27.9 Å². The highest BCUT2D eigenvalue weighted by molar-refractivity contribution is 5.91. The summed E-state index contributed by atoms with van der Waals surface area (Å²) in [6.07, 6.45) is -9.48. The smallest absolute Gasteiger partial charge is 0.423 e. The van der Waals surface area contributed by atoms with E-state index in [1.54, 1.807) is 0 Å². The summed E-state index contributed by atoms with van der Waals surface area (Å²) in [4.78, 5) is 12.3. The second-order valence-electron chi connectivity index (χ2n) is 7.79. The number of hydrogen-bond donors (Lipinski definition) is 0. The lowest BCUT2D eigenvalue weighted by Gasteiger charge is -2.20. The van der Waals surface area contributed by atoms with Gasteiger partial charge in [-0.05, 0) is 48.2 Å². The Bertz CT molecular complexity index is 1360. The molecule has 3 rings (SSSR count). The van der Waals surface area contributed by atoms with Crippen LogP contribution in [0.4, 0.5) is 48.3 Å². The number of allylic oxidation sites excluding steroid dienone is 1. The van der Waals surface area contributed by atoms with E-state index in [4.69, 9.17) is 0 Å². The maximum atomic E-state index is 14.6. The molecule has 0 fully saturated rings. The minimum atomic E-state index is -5.99. The first-order valence-electron chi connectivity index (χ1n) is 10.5. The van der Waals surface area contributed by atoms with E-state index >= 15 is 0 Å². The molecule has 3 aromatic rings. The largest absolute Gasteiger partial charge is 0.527 e. The van der Waals surface area contributed by atoms with E-state index in [9.17, 15) is 53.1 Å². The second-order valence-corrected chi connectivity index (χ2v) is 7.79. The molecule has 0 unspecified atom stereocenters. The van der Waals surface area contributed by atoms with Gasteiger partial charge in [0.25, 0.3) is 0 Å². The van der Waals surface area contributed by atoms with Crippen LogP contribution in [0, 0.1) is 34.9 Å². The summed E-state index contributed by atoms with van der Waals surface area (Å²) in [5, 5.41) is 0. The normalized spacial score (nSPS) is 12.0. The van der Waals surface area contributed by atoms with Gasteiger partial charge in [-0.2, -0.15) is 8.78 Å². The molecule has 0 radical (unpaired) electrons. The quantitative estimate of drug-likeness (QED) is 0.119. The molecule has 0 aliphatic rings. The van der Waals surface area contributed by atoms with Gasteiger partial charge >= 0.3 is 18.4 Å². The molecule has 0 aromatic heterocycles. The zero-order valence-corrected chi connectivity index (χ0v) is 19.0. The fourth-order valence-corrected chi connectivity index (χ4v) is 3.47. The standard InChI is InChI=1S/C25H13F11O3/c1-2-3-4-11-5-14(26)21(15(27)6-11)23(37)38-13-9-16(28)20(17(29)10-13)12-7-18(30)22(19(31)8-12)24(32,33)39-25(34,35)36/h2,5-10H,1,3-4H2. The highest BCUT2D eigenvalue weighted by Crippen LogP contribution is 2.41. The number of esters is 1. The number of benzene rings is 3. The van der Waals surface area contributed by atoms with Crippen molar-refractivity contribution in [2.75, 3.05) is 0 Å². The number of aryl methyl sites for hydroxylation is 1. The predicted molar refractivity (Wildman–Crippen MR) is 113 cm³/mol. The molecule has 0 amide bonds. The van der Waals surface area contributed by atoms with Gasteiger partial charge in [-0.3, -0.25) is 0 Å². The zero-order valence-electron chi connectivity index (χ0n) is 19.0. The van der Waals surface area contributed by atoms with Crippen molar-refractivity contribution in [3.8, 4) is 16.9 Å². The summed E-state index contributed by atoms with van der Waals surface area (Å²) in [5.41, 5.74) is -5.82. The molecule has 0 saturated carbocycles. The van der Waals surface area contributed by atoms with Crippen LogP contribution in [0.3, 0.4) is 0 Å². The SMILES string of the molecule is C=CCCc1cc(F)c(C(=O)Oc2cc(F)c(-c3cc(F)c(C(F)(F)OC(F)(F)F)c(F)c3)c(F)c2)c(F)c1. The van der Waals surface area contributed by atoms with Gasteiger partial charge in [0.05, 0.1) is 5.56 Å². The molecule has 0 saturated heterocycles. The van der Waals surface area contributed by atoms with E-state index < -0.39 is 81.3 Å². The van der Waals surface area contributed by atoms with E-state index in [1.807, 2.05) is 0 Å². The number of hydrogen-bond acceptors (Lipinski definition) is 3. The van der Waals surface area contributed by atoms with Gasteiger partial charge in [0, 0.05) is 12.1 Å². The molecule has 0 heterocycles. The van der Waals surface area contributed by atoms with Crippen molar-refractivity contribution in [2.45, 2.75) is 25.3 Å². The highest BCUT2D eigenvalue weighted by Gasteiger charge is 2.49. The Morgan fingerprint density at radius 3 is 1.74 bits per heavy atom. The van der Waals surface area contributed by atoms with Crippen molar-refractivity contribution in [3.63, 3.8) is 0 Å². The van der Waals surface area contributed by atoms with E-state index in [1.165, 1.54) is 6.08 Å². The molecule has 0 spiro atoms. The maximum Gasteiger partial charge on any atom is 0.527 e. The summed E-state index contributed by atoms with van der Waals surface area (Å²) < 4.78 is 157. The fraction of sp³-hybridized carbons (Fsp3) is 0.160. The lowest BCUT2D eigenvalue weighted by Crippen LogP contribution is -2.29. The van der Waals surface area contributed by atoms with Crippen LogP contribution in [-0.2, 0) is 17.3 Å². The molecule has 0 aliphatic heterocycles. The van der Waals surface area contributed by atoms with Crippen LogP contribution in [0.25, 0.3) is 11.1 Å². The molecule has 3 nitrogen and oxygen atoms in total. The molecular formula is C25H13F11O3. The summed E-state index contributed by atoms with van der Waals surface area (Å²) in [6, 6.07) is 2.05. The fourth-order valence-electron chi connectivity index (χ4n) is 3.47. The summed E-state index contributed by atoms with van der Waals surface area (Å²) in [6.45, 7) is 3.45. The lowest BCUT2D eigenvalue weighted by atomic mass is 10.0. The number of ether oxygens (including phenoxy) is 2. The minimum Gasteiger partial charge on any atom is -0.423 e. The third-order valence-corrected chi connectivity index (χ3v) is 5.04. The van der Waals surface area contributed by atoms with Crippen LogP contribution in [0.15, 0.2) is 49.1 Å². The number of carbonyl (C=O) groups is 1. The van der Waals surface area contributed by atoms with E-state index in [0.717, 1.165) is 12.1 Å². The average Bonchev–Trinajstić information content (AvgIpc) is 2.74. The summed E-state index contributed by atoms with van der Waals surface area (Å²) in [7, 11) is 0. The predicted octanol–water partition coefficient (Wildman–Crippen LogP) is 8.11. The number of alkyl halides is 5. The topological polar surface area (TPSA) is 35.5 Å². The molecule has 39 heavy (non-hydrogen) atoms. The van der Waals surface area contributed by atoms with Crippen molar-refractivity contribution in [2.24, 2.45) is 0 Å². The summed E-state index contributed by atoms with van der Waals surface area (Å²) in [5.74, 6) is -13.4. The minimum absolute atomic E-state index is 0.0854. The Hall–Kier alpha value is -3.94.